The summed E-state index contributed by atoms with van der Waals surface area (Å²) >= 11 is 6.34. The molecule has 0 aliphatic carbocycles. The maximum atomic E-state index is 13.1. The van der Waals surface area contributed by atoms with E-state index in [1.807, 2.05) is 18.2 Å². The van der Waals surface area contributed by atoms with Crippen LogP contribution in [-0.4, -0.2) is 31.0 Å². The minimum Gasteiger partial charge on any atom is -0.496 e. The predicted octanol–water partition coefficient (Wildman–Crippen LogP) is 5.87. The van der Waals surface area contributed by atoms with Gasteiger partial charge in [0.25, 0.3) is 0 Å². The Balaban J connectivity index is 1.67. The molecule has 0 saturated carbocycles. The molecule has 1 aliphatic rings. The second kappa shape index (κ2) is 10.5. The van der Waals surface area contributed by atoms with Crippen LogP contribution in [0.1, 0.15) is 67.8 Å². The Hall–Kier alpha value is -2.04. The Kier molecular flexibility index (Phi) is 8.01. The molecule has 1 saturated heterocycles. The Labute approximate surface area is 191 Å². The van der Waals surface area contributed by atoms with Gasteiger partial charge in [0.2, 0.25) is 5.91 Å². The second-order valence-corrected chi connectivity index (χ2v) is 9.41. The van der Waals surface area contributed by atoms with E-state index in [0.29, 0.717) is 5.92 Å². The minimum absolute atomic E-state index is 0.00168. The Morgan fingerprint density at radius 1 is 1.23 bits per heavy atom. The molecule has 31 heavy (non-hydrogen) atoms. The number of carbonyl (C=O) groups excluding carboxylic acids is 1. The van der Waals surface area contributed by atoms with Crippen LogP contribution in [0.3, 0.4) is 0 Å². The van der Waals surface area contributed by atoms with Crippen molar-refractivity contribution >= 4 is 17.5 Å². The lowest BCUT2D eigenvalue weighted by atomic mass is 9.92. The fourth-order valence-electron chi connectivity index (χ4n) is 4.50. The van der Waals surface area contributed by atoms with E-state index in [-0.39, 0.29) is 17.9 Å². The second-order valence-electron chi connectivity index (χ2n) is 9.00. The number of methoxy groups -OCH3 is 1. The normalized spacial score (nSPS) is 18.1. The molecule has 1 fully saturated rings. The molecule has 0 bridgehead atoms. The molecule has 4 nitrogen and oxygen atoms in total. The van der Waals surface area contributed by atoms with Crippen molar-refractivity contribution in [1.82, 2.24) is 10.2 Å². The van der Waals surface area contributed by atoms with Gasteiger partial charge in [-0.3, -0.25) is 9.69 Å². The molecule has 2 atom stereocenters. The summed E-state index contributed by atoms with van der Waals surface area (Å²) in [4.78, 5) is 15.5. The van der Waals surface area contributed by atoms with Crippen LogP contribution >= 0.6 is 11.6 Å². The number of piperidine rings is 1. The maximum Gasteiger partial charge on any atom is 0.224 e. The quantitative estimate of drug-likeness (QED) is 0.583. The van der Waals surface area contributed by atoms with Gasteiger partial charge in [0.15, 0.2) is 0 Å². The summed E-state index contributed by atoms with van der Waals surface area (Å²) in [6.07, 6.45) is 1.95. The number of nitrogens with zero attached hydrogens (tertiary/aromatic N) is 1. The standard InChI is InChI=1S/C26H35ClN2O2/c1-17(2)22-14-23(18(3)13-25(22)31-5)19(4)28-26(30)21-10-8-12-29(16-21)15-20-9-6-7-11-24(20)27/h6-7,9,11,13-14,17,19,21H,8,10,12,15-16H2,1-5H3,(H,28,30)/t19-,21-/m0/s1. The Morgan fingerprint density at radius 3 is 2.65 bits per heavy atom. The molecular weight excluding hydrogens is 408 g/mol. The Bertz CT molecular complexity index is 912. The van der Waals surface area contributed by atoms with Gasteiger partial charge in [0, 0.05) is 18.1 Å². The molecule has 2 aromatic carbocycles. The van der Waals surface area contributed by atoms with E-state index in [4.69, 9.17) is 16.3 Å². The van der Waals surface area contributed by atoms with Crippen molar-refractivity contribution in [3.8, 4) is 5.75 Å². The number of benzene rings is 2. The molecule has 168 valence electrons. The molecule has 1 aliphatic heterocycles. The number of rotatable bonds is 7. The first kappa shape index (κ1) is 23.6. The summed E-state index contributed by atoms with van der Waals surface area (Å²) in [5, 5.41) is 4.06. The van der Waals surface area contributed by atoms with Crippen molar-refractivity contribution in [1.29, 1.82) is 0 Å². The monoisotopic (exact) mass is 442 g/mol. The fourth-order valence-corrected chi connectivity index (χ4v) is 4.70. The average molecular weight is 443 g/mol. The number of nitrogens with one attached hydrogen (secondary N) is 1. The summed E-state index contributed by atoms with van der Waals surface area (Å²) in [6, 6.07) is 12.2. The van der Waals surface area contributed by atoms with Crippen LogP contribution in [-0.2, 0) is 11.3 Å². The van der Waals surface area contributed by atoms with Crippen molar-refractivity contribution in [3.63, 3.8) is 0 Å². The molecule has 0 radical (unpaired) electrons. The van der Waals surface area contributed by atoms with E-state index >= 15 is 0 Å². The van der Waals surface area contributed by atoms with E-state index in [2.05, 4.69) is 56.1 Å². The zero-order valence-electron chi connectivity index (χ0n) is 19.4. The third-order valence-electron chi connectivity index (χ3n) is 6.29. The van der Waals surface area contributed by atoms with Gasteiger partial charge in [-0.25, -0.2) is 0 Å². The van der Waals surface area contributed by atoms with Crippen molar-refractivity contribution in [2.45, 2.75) is 59.0 Å². The van der Waals surface area contributed by atoms with Crippen LogP contribution in [0.4, 0.5) is 0 Å². The van der Waals surface area contributed by atoms with Crippen molar-refractivity contribution in [2.24, 2.45) is 5.92 Å². The first-order valence-electron chi connectivity index (χ1n) is 11.2. The van der Waals surface area contributed by atoms with Gasteiger partial charge < -0.3 is 10.1 Å². The van der Waals surface area contributed by atoms with Crippen LogP contribution in [0.15, 0.2) is 36.4 Å². The number of likely N-dealkylation sites (tertiary alicyclic amines) is 1. The zero-order valence-corrected chi connectivity index (χ0v) is 20.1. The van der Waals surface area contributed by atoms with Crippen LogP contribution in [0.2, 0.25) is 5.02 Å². The van der Waals surface area contributed by atoms with Gasteiger partial charge >= 0.3 is 0 Å². The lowest BCUT2D eigenvalue weighted by molar-refractivity contribution is -0.127. The van der Waals surface area contributed by atoms with Gasteiger partial charge in [-0.2, -0.15) is 0 Å². The number of carbonyl (C=O) groups is 1. The largest absolute Gasteiger partial charge is 0.496 e. The van der Waals surface area contributed by atoms with Crippen molar-refractivity contribution < 1.29 is 9.53 Å². The lowest BCUT2D eigenvalue weighted by Gasteiger charge is -2.33. The fraction of sp³-hybridized carbons (Fsp3) is 0.500. The number of ether oxygens (including phenoxy) is 1. The first-order valence-corrected chi connectivity index (χ1v) is 11.6. The van der Waals surface area contributed by atoms with Crippen LogP contribution in [0, 0.1) is 12.8 Å². The van der Waals surface area contributed by atoms with E-state index in [0.717, 1.165) is 59.9 Å². The summed E-state index contributed by atoms with van der Waals surface area (Å²) in [5.41, 5.74) is 4.58. The number of amides is 1. The summed E-state index contributed by atoms with van der Waals surface area (Å²) in [7, 11) is 1.71. The van der Waals surface area contributed by atoms with E-state index < -0.39 is 0 Å². The van der Waals surface area contributed by atoms with Crippen molar-refractivity contribution in [3.05, 3.63) is 63.7 Å². The lowest BCUT2D eigenvalue weighted by Crippen LogP contribution is -2.43. The molecule has 0 unspecified atom stereocenters. The van der Waals surface area contributed by atoms with Gasteiger partial charge in [-0.05, 0) is 79.6 Å². The third-order valence-corrected chi connectivity index (χ3v) is 6.66. The highest BCUT2D eigenvalue weighted by Gasteiger charge is 2.27. The number of aryl methyl sites for hydroxylation is 1. The molecule has 1 amide bonds. The molecule has 0 aromatic heterocycles. The zero-order chi connectivity index (χ0) is 22.5. The Morgan fingerprint density at radius 2 is 1.97 bits per heavy atom. The molecule has 1 heterocycles. The summed E-state index contributed by atoms with van der Waals surface area (Å²) in [5.74, 6) is 1.41. The molecule has 2 aromatic rings. The van der Waals surface area contributed by atoms with E-state index in [1.165, 1.54) is 5.56 Å². The van der Waals surface area contributed by atoms with Gasteiger partial charge in [0.1, 0.15) is 5.75 Å². The minimum atomic E-state index is -0.0464. The molecule has 1 N–H and O–H groups in total. The summed E-state index contributed by atoms with van der Waals surface area (Å²) in [6.45, 7) is 11.0. The highest BCUT2D eigenvalue weighted by Crippen LogP contribution is 2.32. The predicted molar refractivity (Wildman–Crippen MR) is 128 cm³/mol. The number of hydrogen-bond donors (Lipinski definition) is 1. The van der Waals surface area contributed by atoms with Crippen LogP contribution in [0.25, 0.3) is 0 Å². The maximum absolute atomic E-state index is 13.1. The highest BCUT2D eigenvalue weighted by atomic mass is 35.5. The van der Waals surface area contributed by atoms with Crippen LogP contribution < -0.4 is 10.1 Å². The SMILES string of the molecule is COc1cc(C)c([C@H](C)NC(=O)[C@H]2CCCN(Cc3ccccc3Cl)C2)cc1C(C)C. The molecule has 0 spiro atoms. The van der Waals surface area contributed by atoms with Gasteiger partial charge in [-0.1, -0.05) is 43.6 Å². The molecular formula is C26H35ClN2O2. The first-order chi connectivity index (χ1) is 14.8. The summed E-state index contributed by atoms with van der Waals surface area (Å²) < 4.78 is 5.57. The van der Waals surface area contributed by atoms with E-state index in [9.17, 15) is 4.79 Å². The average Bonchev–Trinajstić information content (AvgIpc) is 2.75. The van der Waals surface area contributed by atoms with Crippen LogP contribution in [0.5, 0.6) is 5.75 Å². The molecule has 5 heteroatoms. The highest BCUT2D eigenvalue weighted by molar-refractivity contribution is 6.31. The number of halogens is 1. The molecule has 3 rings (SSSR count). The third kappa shape index (κ3) is 5.81. The topological polar surface area (TPSA) is 41.6 Å². The van der Waals surface area contributed by atoms with Gasteiger partial charge in [0.05, 0.1) is 19.1 Å². The van der Waals surface area contributed by atoms with Gasteiger partial charge in [-0.15, -0.1) is 0 Å². The van der Waals surface area contributed by atoms with Crippen molar-refractivity contribution in [2.75, 3.05) is 20.2 Å². The van der Waals surface area contributed by atoms with E-state index in [1.54, 1.807) is 7.11 Å². The smallest absolute Gasteiger partial charge is 0.224 e. The number of hydrogen-bond acceptors (Lipinski definition) is 3.